The standard InChI is InChI=1S/C16H22N4O/c1-4-6-12-20-13(3)17-15(18-16(20)21)19(5-2)14-10-8-7-9-11-14/h7-11H,4-6,12H2,1-3H3. The zero-order valence-electron chi connectivity index (χ0n) is 12.9. The number of aromatic nitrogens is 3. The van der Waals surface area contributed by atoms with Crippen molar-refractivity contribution in [3.63, 3.8) is 0 Å². The molecule has 1 heterocycles. The number of hydrogen-bond donors (Lipinski definition) is 0. The molecule has 5 heteroatoms. The molecular formula is C16H22N4O. The number of anilines is 2. The van der Waals surface area contributed by atoms with Crippen LogP contribution in [0, 0.1) is 6.92 Å². The summed E-state index contributed by atoms with van der Waals surface area (Å²) in [5, 5.41) is 0. The number of benzene rings is 1. The van der Waals surface area contributed by atoms with Crippen molar-refractivity contribution in [1.29, 1.82) is 0 Å². The van der Waals surface area contributed by atoms with Crippen molar-refractivity contribution in [2.75, 3.05) is 11.4 Å². The van der Waals surface area contributed by atoms with Crippen LogP contribution in [0.25, 0.3) is 0 Å². The van der Waals surface area contributed by atoms with E-state index >= 15 is 0 Å². The molecule has 0 atom stereocenters. The van der Waals surface area contributed by atoms with E-state index in [0.717, 1.165) is 18.5 Å². The maximum atomic E-state index is 12.2. The fourth-order valence-electron chi connectivity index (χ4n) is 2.26. The molecule has 0 N–H and O–H groups in total. The molecule has 0 bridgehead atoms. The largest absolute Gasteiger partial charge is 0.352 e. The molecule has 0 aliphatic carbocycles. The highest BCUT2D eigenvalue weighted by Gasteiger charge is 2.13. The molecule has 0 saturated heterocycles. The molecule has 1 aromatic carbocycles. The van der Waals surface area contributed by atoms with Crippen molar-refractivity contribution in [2.24, 2.45) is 0 Å². The third kappa shape index (κ3) is 3.48. The normalized spacial score (nSPS) is 10.6. The summed E-state index contributed by atoms with van der Waals surface area (Å²) in [5.41, 5.74) is 0.769. The van der Waals surface area contributed by atoms with Crippen molar-refractivity contribution in [3.05, 3.63) is 46.6 Å². The highest BCUT2D eigenvalue weighted by Crippen LogP contribution is 2.20. The SMILES string of the molecule is CCCCn1c(C)nc(N(CC)c2ccccc2)nc1=O. The third-order valence-corrected chi connectivity index (χ3v) is 3.44. The second-order valence-electron chi connectivity index (χ2n) is 4.94. The second kappa shape index (κ2) is 7.02. The van der Waals surface area contributed by atoms with E-state index in [1.807, 2.05) is 49.1 Å². The molecule has 0 fully saturated rings. The molecule has 0 radical (unpaired) electrons. The molecule has 0 aliphatic rings. The molecule has 2 aromatic rings. The van der Waals surface area contributed by atoms with E-state index in [9.17, 15) is 4.79 Å². The molecule has 1 aromatic heterocycles. The molecule has 0 amide bonds. The van der Waals surface area contributed by atoms with Crippen LogP contribution in [0.3, 0.4) is 0 Å². The number of para-hydroxylation sites is 1. The van der Waals surface area contributed by atoms with Crippen molar-refractivity contribution < 1.29 is 0 Å². The molecule has 112 valence electrons. The van der Waals surface area contributed by atoms with Gasteiger partial charge < -0.3 is 4.90 Å². The Hall–Kier alpha value is -2.17. The van der Waals surface area contributed by atoms with Gasteiger partial charge >= 0.3 is 5.69 Å². The van der Waals surface area contributed by atoms with Gasteiger partial charge in [0, 0.05) is 18.8 Å². The molecule has 0 unspecified atom stereocenters. The van der Waals surface area contributed by atoms with Gasteiger partial charge in [-0.2, -0.15) is 9.97 Å². The van der Waals surface area contributed by atoms with Crippen LogP contribution in [0.4, 0.5) is 11.6 Å². The van der Waals surface area contributed by atoms with Crippen LogP contribution >= 0.6 is 0 Å². The average molecular weight is 286 g/mol. The first-order valence-corrected chi connectivity index (χ1v) is 7.45. The van der Waals surface area contributed by atoms with E-state index in [1.165, 1.54) is 0 Å². The molecule has 0 saturated carbocycles. The van der Waals surface area contributed by atoms with Gasteiger partial charge in [-0.1, -0.05) is 31.5 Å². The summed E-state index contributed by atoms with van der Waals surface area (Å²) in [5.74, 6) is 1.19. The predicted molar refractivity (Wildman–Crippen MR) is 85.1 cm³/mol. The summed E-state index contributed by atoms with van der Waals surface area (Å²) in [6, 6.07) is 9.88. The number of rotatable bonds is 6. The maximum absolute atomic E-state index is 12.2. The lowest BCUT2D eigenvalue weighted by molar-refractivity contribution is 0.568. The van der Waals surface area contributed by atoms with E-state index in [0.29, 0.717) is 24.9 Å². The van der Waals surface area contributed by atoms with Crippen LogP contribution in [-0.4, -0.2) is 21.1 Å². The van der Waals surface area contributed by atoms with Gasteiger partial charge in [0.05, 0.1) is 0 Å². The monoisotopic (exact) mass is 286 g/mol. The molecule has 5 nitrogen and oxygen atoms in total. The first-order valence-electron chi connectivity index (χ1n) is 7.45. The van der Waals surface area contributed by atoms with E-state index in [1.54, 1.807) is 4.57 Å². The molecule has 2 rings (SSSR count). The van der Waals surface area contributed by atoms with Crippen molar-refractivity contribution in [3.8, 4) is 0 Å². The average Bonchev–Trinajstić information content (AvgIpc) is 2.48. The van der Waals surface area contributed by atoms with Gasteiger partial charge in [0.2, 0.25) is 5.95 Å². The zero-order valence-corrected chi connectivity index (χ0v) is 12.9. The Kier molecular flexibility index (Phi) is 5.09. The Balaban J connectivity index is 2.38. The third-order valence-electron chi connectivity index (χ3n) is 3.44. The van der Waals surface area contributed by atoms with Crippen LogP contribution in [-0.2, 0) is 6.54 Å². The predicted octanol–water partition coefficient (Wildman–Crippen LogP) is 2.90. The van der Waals surface area contributed by atoms with Crippen LogP contribution in [0.15, 0.2) is 35.1 Å². The summed E-state index contributed by atoms with van der Waals surface area (Å²) in [7, 11) is 0. The second-order valence-corrected chi connectivity index (χ2v) is 4.94. The Morgan fingerprint density at radius 2 is 1.86 bits per heavy atom. The number of hydrogen-bond acceptors (Lipinski definition) is 4. The van der Waals surface area contributed by atoms with Gasteiger partial charge in [-0.25, -0.2) is 4.79 Å². The summed E-state index contributed by atoms with van der Waals surface area (Å²) in [4.78, 5) is 22.8. The van der Waals surface area contributed by atoms with Crippen LogP contribution < -0.4 is 10.6 Å². The molecule has 0 spiro atoms. The van der Waals surface area contributed by atoms with Crippen molar-refractivity contribution in [2.45, 2.75) is 40.2 Å². The van der Waals surface area contributed by atoms with E-state index in [2.05, 4.69) is 16.9 Å². The lowest BCUT2D eigenvalue weighted by atomic mass is 10.3. The van der Waals surface area contributed by atoms with E-state index in [4.69, 9.17) is 0 Å². The lowest BCUT2D eigenvalue weighted by Gasteiger charge is -2.21. The lowest BCUT2D eigenvalue weighted by Crippen LogP contribution is -2.30. The first-order chi connectivity index (χ1) is 10.2. The minimum Gasteiger partial charge on any atom is -0.311 e. The summed E-state index contributed by atoms with van der Waals surface area (Å²) >= 11 is 0. The zero-order chi connectivity index (χ0) is 15.2. The highest BCUT2D eigenvalue weighted by molar-refractivity contribution is 5.56. The Bertz CT molecular complexity index is 636. The molecular weight excluding hydrogens is 264 g/mol. The van der Waals surface area contributed by atoms with Crippen LogP contribution in [0.5, 0.6) is 0 Å². The number of nitrogens with zero attached hydrogens (tertiary/aromatic N) is 4. The van der Waals surface area contributed by atoms with Gasteiger partial charge in [-0.05, 0) is 32.4 Å². The first kappa shape index (κ1) is 15.2. The van der Waals surface area contributed by atoms with Gasteiger partial charge in [-0.3, -0.25) is 4.57 Å². The highest BCUT2D eigenvalue weighted by atomic mass is 16.1. The van der Waals surface area contributed by atoms with Gasteiger partial charge in [0.25, 0.3) is 0 Å². The smallest absolute Gasteiger partial charge is 0.311 e. The van der Waals surface area contributed by atoms with Crippen molar-refractivity contribution in [1.82, 2.24) is 14.5 Å². The number of aryl methyl sites for hydroxylation is 1. The maximum Gasteiger partial charge on any atom is 0.352 e. The topological polar surface area (TPSA) is 51.0 Å². The quantitative estimate of drug-likeness (QED) is 0.819. The minimum atomic E-state index is -0.222. The fourth-order valence-corrected chi connectivity index (χ4v) is 2.26. The van der Waals surface area contributed by atoms with Gasteiger partial charge in [-0.15, -0.1) is 0 Å². The molecule has 21 heavy (non-hydrogen) atoms. The van der Waals surface area contributed by atoms with E-state index in [-0.39, 0.29) is 5.69 Å². The fraction of sp³-hybridized carbons (Fsp3) is 0.438. The summed E-state index contributed by atoms with van der Waals surface area (Å²) in [6.45, 7) is 7.37. The van der Waals surface area contributed by atoms with Crippen molar-refractivity contribution >= 4 is 11.6 Å². The number of unbranched alkanes of at least 4 members (excludes halogenated alkanes) is 1. The summed E-state index contributed by atoms with van der Waals surface area (Å²) in [6.07, 6.45) is 2.00. The van der Waals surface area contributed by atoms with Gasteiger partial charge in [0.1, 0.15) is 5.82 Å². The summed E-state index contributed by atoms with van der Waals surface area (Å²) < 4.78 is 1.64. The Labute approximate surface area is 125 Å². The Morgan fingerprint density at radius 3 is 2.43 bits per heavy atom. The minimum absolute atomic E-state index is 0.222. The van der Waals surface area contributed by atoms with E-state index < -0.39 is 0 Å². The van der Waals surface area contributed by atoms with Crippen LogP contribution in [0.1, 0.15) is 32.5 Å². The molecule has 0 aliphatic heterocycles. The van der Waals surface area contributed by atoms with Gasteiger partial charge in [0.15, 0.2) is 0 Å². The van der Waals surface area contributed by atoms with Crippen LogP contribution in [0.2, 0.25) is 0 Å². The Morgan fingerprint density at radius 1 is 1.14 bits per heavy atom.